The number of nitrogens with one attached hydrogen (secondary N) is 1. The van der Waals surface area contributed by atoms with Crippen molar-refractivity contribution in [3.8, 4) is 0 Å². The van der Waals surface area contributed by atoms with Crippen molar-refractivity contribution in [1.82, 2.24) is 0 Å². The lowest BCUT2D eigenvalue weighted by Gasteiger charge is -2.11. The smallest absolute Gasteiger partial charge is 0.0434 e. The van der Waals surface area contributed by atoms with Crippen LogP contribution in [0.4, 0.5) is 17.1 Å². The van der Waals surface area contributed by atoms with Crippen molar-refractivity contribution in [3.63, 3.8) is 0 Å². The van der Waals surface area contributed by atoms with Gasteiger partial charge in [-0.2, -0.15) is 0 Å². The summed E-state index contributed by atoms with van der Waals surface area (Å²) in [4.78, 5) is 1.25. The molecule has 0 aliphatic heterocycles. The van der Waals surface area contributed by atoms with E-state index in [1.165, 1.54) is 4.90 Å². The molecule has 0 saturated carbocycles. The zero-order valence-electron chi connectivity index (χ0n) is 10.0. The molecular weight excluding hydrogens is 228 g/mol. The van der Waals surface area contributed by atoms with Crippen LogP contribution in [0.15, 0.2) is 47.4 Å². The summed E-state index contributed by atoms with van der Waals surface area (Å²) in [7, 11) is 0. The molecule has 0 heterocycles. The first kappa shape index (κ1) is 11.9. The number of nitrogen functional groups attached to an aromatic ring is 1. The van der Waals surface area contributed by atoms with E-state index in [2.05, 4.69) is 35.8 Å². The van der Waals surface area contributed by atoms with E-state index < -0.39 is 0 Å². The number of benzene rings is 2. The first-order chi connectivity index (χ1) is 8.20. The van der Waals surface area contributed by atoms with Crippen LogP contribution in [0, 0.1) is 6.92 Å². The van der Waals surface area contributed by atoms with Crippen molar-refractivity contribution in [2.45, 2.75) is 11.8 Å². The Morgan fingerprint density at radius 2 is 1.88 bits per heavy atom. The van der Waals surface area contributed by atoms with E-state index in [0.717, 1.165) is 22.6 Å². The van der Waals surface area contributed by atoms with Crippen LogP contribution in [0.5, 0.6) is 0 Å². The van der Waals surface area contributed by atoms with Gasteiger partial charge in [-0.05, 0) is 49.1 Å². The SMILES string of the molecule is CSc1cccc(Nc2cccc(N)c2C)c1. The summed E-state index contributed by atoms with van der Waals surface area (Å²) in [5.41, 5.74) is 9.93. The summed E-state index contributed by atoms with van der Waals surface area (Å²) in [5, 5.41) is 3.39. The average Bonchev–Trinajstić information content (AvgIpc) is 2.35. The number of thioether (sulfide) groups is 1. The van der Waals surface area contributed by atoms with Crippen LogP contribution in [-0.4, -0.2) is 6.26 Å². The maximum atomic E-state index is 5.89. The lowest BCUT2D eigenvalue weighted by atomic mass is 10.1. The van der Waals surface area contributed by atoms with E-state index in [1.54, 1.807) is 11.8 Å². The molecule has 2 aromatic carbocycles. The fraction of sp³-hybridized carbons (Fsp3) is 0.143. The Hall–Kier alpha value is -1.61. The van der Waals surface area contributed by atoms with Crippen LogP contribution >= 0.6 is 11.8 Å². The minimum Gasteiger partial charge on any atom is -0.398 e. The molecule has 0 fully saturated rings. The molecule has 2 aromatic rings. The minimum atomic E-state index is 0.816. The van der Waals surface area contributed by atoms with E-state index >= 15 is 0 Å². The van der Waals surface area contributed by atoms with Gasteiger partial charge in [-0.15, -0.1) is 11.8 Å². The fourth-order valence-corrected chi connectivity index (χ4v) is 2.10. The Balaban J connectivity index is 2.28. The van der Waals surface area contributed by atoms with Gasteiger partial charge in [0.15, 0.2) is 0 Å². The van der Waals surface area contributed by atoms with Crippen LogP contribution in [0.3, 0.4) is 0 Å². The van der Waals surface area contributed by atoms with Crippen molar-refractivity contribution in [2.24, 2.45) is 0 Å². The molecule has 0 spiro atoms. The van der Waals surface area contributed by atoms with E-state index in [9.17, 15) is 0 Å². The molecule has 88 valence electrons. The number of hydrogen-bond acceptors (Lipinski definition) is 3. The third kappa shape index (κ3) is 2.74. The second-order valence-electron chi connectivity index (χ2n) is 3.88. The second kappa shape index (κ2) is 5.15. The molecule has 0 radical (unpaired) electrons. The quantitative estimate of drug-likeness (QED) is 0.632. The third-order valence-electron chi connectivity index (χ3n) is 2.72. The van der Waals surface area contributed by atoms with Crippen molar-refractivity contribution in [3.05, 3.63) is 48.0 Å². The van der Waals surface area contributed by atoms with E-state index in [4.69, 9.17) is 5.73 Å². The summed E-state index contributed by atoms with van der Waals surface area (Å²) < 4.78 is 0. The monoisotopic (exact) mass is 244 g/mol. The Bertz CT molecular complexity index is 523. The normalized spacial score (nSPS) is 10.2. The molecule has 0 bridgehead atoms. The third-order valence-corrected chi connectivity index (χ3v) is 3.45. The fourth-order valence-electron chi connectivity index (χ4n) is 1.65. The molecular formula is C14H16N2S. The highest BCUT2D eigenvalue weighted by atomic mass is 32.2. The van der Waals surface area contributed by atoms with Crippen LogP contribution in [-0.2, 0) is 0 Å². The largest absolute Gasteiger partial charge is 0.398 e. The highest BCUT2D eigenvalue weighted by Gasteiger charge is 2.01. The number of anilines is 3. The van der Waals surface area contributed by atoms with E-state index in [1.807, 2.05) is 25.1 Å². The summed E-state index contributed by atoms with van der Waals surface area (Å²) in [6, 6.07) is 14.3. The van der Waals surface area contributed by atoms with Gasteiger partial charge in [-0.1, -0.05) is 12.1 Å². The maximum Gasteiger partial charge on any atom is 0.0434 e. The number of hydrogen-bond donors (Lipinski definition) is 2. The van der Waals surface area contributed by atoms with Gasteiger partial charge in [-0.3, -0.25) is 0 Å². The number of nitrogens with two attached hydrogens (primary N) is 1. The lowest BCUT2D eigenvalue weighted by molar-refractivity contribution is 1.40. The summed E-state index contributed by atoms with van der Waals surface area (Å²) in [6.45, 7) is 2.02. The molecule has 3 heteroatoms. The van der Waals surface area contributed by atoms with Gasteiger partial charge in [0.05, 0.1) is 0 Å². The van der Waals surface area contributed by atoms with Gasteiger partial charge < -0.3 is 11.1 Å². The van der Waals surface area contributed by atoms with Crippen LogP contribution < -0.4 is 11.1 Å². The Morgan fingerprint density at radius 1 is 1.12 bits per heavy atom. The highest BCUT2D eigenvalue weighted by molar-refractivity contribution is 7.98. The molecule has 2 nitrogen and oxygen atoms in total. The van der Waals surface area contributed by atoms with Gasteiger partial charge in [0.1, 0.15) is 0 Å². The molecule has 0 atom stereocenters. The molecule has 3 N–H and O–H groups in total. The van der Waals surface area contributed by atoms with Gasteiger partial charge in [0.25, 0.3) is 0 Å². The van der Waals surface area contributed by atoms with Gasteiger partial charge in [0.2, 0.25) is 0 Å². The van der Waals surface area contributed by atoms with Crippen LogP contribution in [0.1, 0.15) is 5.56 Å². The minimum absolute atomic E-state index is 0.816. The Morgan fingerprint density at radius 3 is 2.65 bits per heavy atom. The van der Waals surface area contributed by atoms with Crippen molar-refractivity contribution >= 4 is 28.8 Å². The molecule has 0 aliphatic rings. The van der Waals surface area contributed by atoms with Crippen LogP contribution in [0.2, 0.25) is 0 Å². The zero-order valence-corrected chi connectivity index (χ0v) is 10.8. The molecule has 0 unspecified atom stereocenters. The maximum absolute atomic E-state index is 5.89. The molecule has 0 aliphatic carbocycles. The number of rotatable bonds is 3. The van der Waals surface area contributed by atoms with Gasteiger partial charge in [0, 0.05) is 22.0 Å². The summed E-state index contributed by atoms with van der Waals surface area (Å²) >= 11 is 1.74. The molecule has 0 aromatic heterocycles. The Kier molecular flexibility index (Phi) is 3.59. The van der Waals surface area contributed by atoms with Crippen molar-refractivity contribution < 1.29 is 0 Å². The first-order valence-electron chi connectivity index (χ1n) is 5.47. The lowest BCUT2D eigenvalue weighted by Crippen LogP contribution is -1.96. The predicted molar refractivity (Wildman–Crippen MR) is 77.1 cm³/mol. The molecule has 2 rings (SSSR count). The standard InChI is InChI=1S/C14H16N2S/c1-10-13(15)7-4-8-14(10)16-11-5-3-6-12(9-11)17-2/h3-9,16H,15H2,1-2H3. The van der Waals surface area contributed by atoms with Gasteiger partial charge >= 0.3 is 0 Å². The summed E-state index contributed by atoms with van der Waals surface area (Å²) in [5.74, 6) is 0. The predicted octanol–water partition coefficient (Wildman–Crippen LogP) is 4.04. The highest BCUT2D eigenvalue weighted by Crippen LogP contribution is 2.26. The topological polar surface area (TPSA) is 38.0 Å². The molecule has 17 heavy (non-hydrogen) atoms. The van der Waals surface area contributed by atoms with Crippen molar-refractivity contribution in [1.29, 1.82) is 0 Å². The molecule has 0 amide bonds. The van der Waals surface area contributed by atoms with Gasteiger partial charge in [-0.25, -0.2) is 0 Å². The summed E-state index contributed by atoms with van der Waals surface area (Å²) in [6.07, 6.45) is 2.07. The Labute approximate surface area is 106 Å². The first-order valence-corrected chi connectivity index (χ1v) is 6.69. The van der Waals surface area contributed by atoms with Crippen molar-refractivity contribution in [2.75, 3.05) is 17.3 Å². The van der Waals surface area contributed by atoms with E-state index in [-0.39, 0.29) is 0 Å². The average molecular weight is 244 g/mol. The molecule has 0 saturated heterocycles. The zero-order chi connectivity index (χ0) is 12.3. The van der Waals surface area contributed by atoms with E-state index in [0.29, 0.717) is 0 Å². The van der Waals surface area contributed by atoms with Crippen LogP contribution in [0.25, 0.3) is 0 Å². The second-order valence-corrected chi connectivity index (χ2v) is 4.76.